The molecule has 0 amide bonds. The molecule has 0 bridgehead atoms. The summed E-state index contributed by atoms with van der Waals surface area (Å²) in [6, 6.07) is 8.20. The molecule has 0 saturated carbocycles. The molecule has 2 N–H and O–H groups in total. The molecule has 1 aromatic carbocycles. The van der Waals surface area contributed by atoms with E-state index < -0.39 is 5.97 Å². The van der Waals surface area contributed by atoms with Gasteiger partial charge in [-0.1, -0.05) is 64.0 Å². The van der Waals surface area contributed by atoms with E-state index >= 15 is 0 Å². The SMILES string of the molecule is CCCCCCCCCCOc1cccc(CCNCCC(=O)O)c1. The van der Waals surface area contributed by atoms with Crippen molar-refractivity contribution in [3.63, 3.8) is 0 Å². The lowest BCUT2D eigenvalue weighted by atomic mass is 10.1. The summed E-state index contributed by atoms with van der Waals surface area (Å²) in [5, 5.41) is 11.7. The van der Waals surface area contributed by atoms with E-state index in [9.17, 15) is 4.79 Å². The van der Waals surface area contributed by atoms with Crippen molar-refractivity contribution < 1.29 is 14.6 Å². The van der Waals surface area contributed by atoms with Gasteiger partial charge in [0.05, 0.1) is 13.0 Å². The lowest BCUT2D eigenvalue weighted by Gasteiger charge is -2.09. The Balaban J connectivity index is 2.07. The second-order valence-corrected chi connectivity index (χ2v) is 6.61. The van der Waals surface area contributed by atoms with Crippen LogP contribution in [-0.2, 0) is 11.2 Å². The van der Waals surface area contributed by atoms with E-state index in [4.69, 9.17) is 9.84 Å². The van der Waals surface area contributed by atoms with Crippen molar-refractivity contribution in [2.75, 3.05) is 19.7 Å². The van der Waals surface area contributed by atoms with Crippen LogP contribution >= 0.6 is 0 Å². The third kappa shape index (κ3) is 12.5. The van der Waals surface area contributed by atoms with Gasteiger partial charge in [-0.3, -0.25) is 4.79 Å². The lowest BCUT2D eigenvalue weighted by molar-refractivity contribution is -0.136. The summed E-state index contributed by atoms with van der Waals surface area (Å²) in [6.07, 6.45) is 11.5. The van der Waals surface area contributed by atoms with Gasteiger partial charge in [0.1, 0.15) is 5.75 Å². The molecule has 142 valence electrons. The predicted octanol–water partition coefficient (Wildman–Crippen LogP) is 4.81. The van der Waals surface area contributed by atoms with Crippen molar-refractivity contribution in [3.05, 3.63) is 29.8 Å². The van der Waals surface area contributed by atoms with E-state index in [1.165, 1.54) is 50.5 Å². The van der Waals surface area contributed by atoms with Crippen molar-refractivity contribution in [2.45, 2.75) is 71.1 Å². The van der Waals surface area contributed by atoms with Crippen molar-refractivity contribution in [1.29, 1.82) is 0 Å². The number of benzene rings is 1. The monoisotopic (exact) mass is 349 g/mol. The molecule has 0 atom stereocenters. The molecule has 4 nitrogen and oxygen atoms in total. The summed E-state index contributed by atoms with van der Waals surface area (Å²) < 4.78 is 5.85. The zero-order valence-electron chi connectivity index (χ0n) is 15.8. The molecular weight excluding hydrogens is 314 g/mol. The standard InChI is InChI=1S/C21H35NO3/c1-2-3-4-5-6-7-8-9-17-25-20-12-10-11-19(18-20)13-15-22-16-14-21(23)24/h10-12,18,22H,2-9,13-17H2,1H3,(H,23,24). The largest absolute Gasteiger partial charge is 0.494 e. The molecule has 4 heteroatoms. The van der Waals surface area contributed by atoms with Gasteiger partial charge in [0.25, 0.3) is 0 Å². The Kier molecular flexibility index (Phi) is 12.7. The molecule has 0 radical (unpaired) electrons. The number of carboxylic acids is 1. The zero-order chi connectivity index (χ0) is 18.2. The van der Waals surface area contributed by atoms with Crippen LogP contribution < -0.4 is 10.1 Å². The Bertz CT molecular complexity index is 462. The number of unbranched alkanes of at least 4 members (excludes halogenated alkanes) is 7. The lowest BCUT2D eigenvalue weighted by Crippen LogP contribution is -2.20. The van der Waals surface area contributed by atoms with E-state index in [-0.39, 0.29) is 6.42 Å². The maximum atomic E-state index is 10.4. The Morgan fingerprint density at radius 3 is 2.48 bits per heavy atom. The molecule has 0 aliphatic heterocycles. The molecule has 0 aliphatic rings. The molecule has 0 saturated heterocycles. The Hall–Kier alpha value is -1.55. The number of ether oxygens (including phenoxy) is 1. The number of nitrogens with one attached hydrogen (secondary N) is 1. The van der Waals surface area contributed by atoms with E-state index in [0.717, 1.165) is 31.7 Å². The molecule has 0 unspecified atom stereocenters. The number of hydrogen-bond donors (Lipinski definition) is 2. The number of hydrogen-bond acceptors (Lipinski definition) is 3. The van der Waals surface area contributed by atoms with Crippen LogP contribution in [0, 0.1) is 0 Å². The van der Waals surface area contributed by atoms with Crippen LogP contribution in [0.2, 0.25) is 0 Å². The highest BCUT2D eigenvalue weighted by Gasteiger charge is 1.99. The van der Waals surface area contributed by atoms with Gasteiger partial charge in [0, 0.05) is 6.54 Å². The summed E-state index contributed by atoms with van der Waals surface area (Å²) >= 11 is 0. The molecule has 0 aliphatic carbocycles. The number of carbonyl (C=O) groups is 1. The van der Waals surface area contributed by atoms with Crippen LogP contribution in [0.1, 0.15) is 70.3 Å². The Labute approximate surface area is 153 Å². The third-order valence-corrected chi connectivity index (χ3v) is 4.27. The highest BCUT2D eigenvalue weighted by atomic mass is 16.5. The van der Waals surface area contributed by atoms with E-state index in [1.807, 2.05) is 12.1 Å². The van der Waals surface area contributed by atoms with Crippen LogP contribution in [0.25, 0.3) is 0 Å². The second-order valence-electron chi connectivity index (χ2n) is 6.61. The maximum absolute atomic E-state index is 10.4. The van der Waals surface area contributed by atoms with Crippen LogP contribution in [0.5, 0.6) is 5.75 Å². The summed E-state index contributed by atoms with van der Waals surface area (Å²) in [4.78, 5) is 10.4. The highest BCUT2D eigenvalue weighted by molar-refractivity contribution is 5.66. The molecule has 0 fully saturated rings. The molecule has 1 rings (SSSR count). The second kappa shape index (κ2) is 14.8. The van der Waals surface area contributed by atoms with Gasteiger partial charge >= 0.3 is 5.97 Å². The first-order chi connectivity index (χ1) is 12.2. The normalized spacial score (nSPS) is 10.8. The molecule has 0 heterocycles. The van der Waals surface area contributed by atoms with Crippen LogP contribution in [0.3, 0.4) is 0 Å². The first-order valence-electron chi connectivity index (χ1n) is 9.86. The van der Waals surface area contributed by atoms with E-state index in [1.54, 1.807) is 0 Å². The maximum Gasteiger partial charge on any atom is 0.304 e. The van der Waals surface area contributed by atoms with E-state index in [2.05, 4.69) is 24.4 Å². The molecular formula is C21H35NO3. The minimum absolute atomic E-state index is 0.168. The molecule has 25 heavy (non-hydrogen) atoms. The third-order valence-electron chi connectivity index (χ3n) is 4.27. The predicted molar refractivity (Wildman–Crippen MR) is 103 cm³/mol. The summed E-state index contributed by atoms with van der Waals surface area (Å²) in [5.74, 6) is 0.176. The topological polar surface area (TPSA) is 58.6 Å². The van der Waals surface area contributed by atoms with Gasteiger partial charge in [-0.05, 0) is 37.1 Å². The van der Waals surface area contributed by atoms with Crippen molar-refractivity contribution in [2.24, 2.45) is 0 Å². The molecule has 0 aromatic heterocycles. The van der Waals surface area contributed by atoms with Gasteiger partial charge in [0.2, 0.25) is 0 Å². The Morgan fingerprint density at radius 1 is 1.04 bits per heavy atom. The van der Waals surface area contributed by atoms with Crippen molar-refractivity contribution >= 4 is 5.97 Å². The number of carboxylic acid groups (broad SMARTS) is 1. The number of aliphatic carboxylic acids is 1. The first-order valence-corrected chi connectivity index (χ1v) is 9.86. The van der Waals surface area contributed by atoms with Gasteiger partial charge in [-0.25, -0.2) is 0 Å². The van der Waals surface area contributed by atoms with Crippen LogP contribution in [0.4, 0.5) is 0 Å². The van der Waals surface area contributed by atoms with Crippen LogP contribution in [0.15, 0.2) is 24.3 Å². The smallest absolute Gasteiger partial charge is 0.304 e. The highest BCUT2D eigenvalue weighted by Crippen LogP contribution is 2.15. The zero-order valence-corrected chi connectivity index (χ0v) is 15.8. The van der Waals surface area contributed by atoms with Gasteiger partial charge < -0.3 is 15.2 Å². The minimum atomic E-state index is -0.760. The fourth-order valence-electron chi connectivity index (χ4n) is 2.77. The Morgan fingerprint density at radius 2 is 1.76 bits per heavy atom. The fraction of sp³-hybridized carbons (Fsp3) is 0.667. The summed E-state index contributed by atoms with van der Waals surface area (Å²) in [6.45, 7) is 4.34. The quantitative estimate of drug-likeness (QED) is 0.420. The fourth-order valence-corrected chi connectivity index (χ4v) is 2.77. The van der Waals surface area contributed by atoms with Gasteiger partial charge in [-0.15, -0.1) is 0 Å². The molecule has 1 aromatic rings. The van der Waals surface area contributed by atoms with Crippen molar-refractivity contribution in [3.8, 4) is 5.75 Å². The van der Waals surface area contributed by atoms with Crippen molar-refractivity contribution in [1.82, 2.24) is 5.32 Å². The van der Waals surface area contributed by atoms with E-state index in [0.29, 0.717) is 6.54 Å². The molecule has 0 spiro atoms. The average molecular weight is 350 g/mol. The van der Waals surface area contributed by atoms with Crippen LogP contribution in [-0.4, -0.2) is 30.8 Å². The minimum Gasteiger partial charge on any atom is -0.494 e. The first kappa shape index (κ1) is 21.5. The summed E-state index contributed by atoms with van der Waals surface area (Å²) in [7, 11) is 0. The number of rotatable bonds is 16. The van der Waals surface area contributed by atoms with Gasteiger partial charge in [-0.2, -0.15) is 0 Å². The van der Waals surface area contributed by atoms with Gasteiger partial charge in [0.15, 0.2) is 0 Å². The summed E-state index contributed by atoms with van der Waals surface area (Å²) in [5.41, 5.74) is 1.22. The average Bonchev–Trinajstić information content (AvgIpc) is 2.60.